The molecule has 0 radical (unpaired) electrons. The predicted molar refractivity (Wildman–Crippen MR) is 170 cm³/mol. The molecule has 7 rings (SSSR count). The number of rotatable bonds is 6. The summed E-state index contributed by atoms with van der Waals surface area (Å²) in [6, 6.07) is 2.88. The average Bonchev–Trinajstić information content (AvgIpc) is 3.54. The lowest BCUT2D eigenvalue weighted by Gasteiger charge is -2.48. The zero-order valence-electron chi connectivity index (χ0n) is 25.1. The average molecular weight is 616 g/mol. The van der Waals surface area contributed by atoms with Crippen LogP contribution in [0.25, 0.3) is 22.0 Å². The fourth-order valence-corrected chi connectivity index (χ4v) is 8.32. The minimum Gasteiger partial charge on any atom is -0.378 e. The van der Waals surface area contributed by atoms with Crippen molar-refractivity contribution in [1.29, 1.82) is 0 Å². The van der Waals surface area contributed by atoms with Crippen LogP contribution in [0, 0.1) is 12.8 Å². The van der Waals surface area contributed by atoms with E-state index in [2.05, 4.69) is 55.7 Å². The minimum atomic E-state index is -0.0525. The molecule has 6 heterocycles. The van der Waals surface area contributed by atoms with E-state index in [1.54, 1.807) is 0 Å². The molecule has 4 fully saturated rings. The summed E-state index contributed by atoms with van der Waals surface area (Å²) < 4.78 is 7.71. The van der Waals surface area contributed by atoms with Crippen molar-refractivity contribution in [2.75, 3.05) is 70.5 Å². The Morgan fingerprint density at radius 3 is 2.45 bits per heavy atom. The first kappa shape index (κ1) is 28.9. The Kier molecular flexibility index (Phi) is 7.95. The molecule has 42 heavy (non-hydrogen) atoms. The summed E-state index contributed by atoms with van der Waals surface area (Å²) in [6.45, 7) is 17.6. The Balaban J connectivity index is 1.18. The van der Waals surface area contributed by atoms with E-state index < -0.39 is 0 Å². The third-order valence-corrected chi connectivity index (χ3v) is 11.1. The van der Waals surface area contributed by atoms with Crippen molar-refractivity contribution in [2.45, 2.75) is 64.1 Å². The highest BCUT2D eigenvalue weighted by atomic mass is 35.5. The zero-order valence-corrected chi connectivity index (χ0v) is 26.6. The number of hydrogen-bond donors (Lipinski definition) is 2. The first-order valence-electron chi connectivity index (χ1n) is 15.7. The SMILES string of the molecule is Cc1c(-c2c(Cl)c(Cl)cc3[nH]ncc23)c(N2CC[C@@H](CN3CCN(C4COC4)CC3)CC2(C)C)nn1C1CCNCC1. The summed E-state index contributed by atoms with van der Waals surface area (Å²) in [4.78, 5) is 7.86. The molecule has 1 aromatic carbocycles. The van der Waals surface area contributed by atoms with Crippen LogP contribution in [0.1, 0.15) is 51.3 Å². The van der Waals surface area contributed by atoms with Crippen LogP contribution < -0.4 is 10.2 Å². The van der Waals surface area contributed by atoms with Crippen LogP contribution in [0.5, 0.6) is 0 Å². The quantitative estimate of drug-likeness (QED) is 0.405. The van der Waals surface area contributed by atoms with Crippen LogP contribution in [-0.4, -0.2) is 107 Å². The summed E-state index contributed by atoms with van der Waals surface area (Å²) in [7, 11) is 0. The van der Waals surface area contributed by atoms with E-state index in [1.807, 2.05) is 12.3 Å². The van der Waals surface area contributed by atoms with Crippen molar-refractivity contribution in [3.05, 3.63) is 28.0 Å². The second-order valence-corrected chi connectivity index (χ2v) is 14.2. The number of fused-ring (bicyclic) bond motifs is 1. The Hall–Kier alpha value is -1.88. The van der Waals surface area contributed by atoms with E-state index in [-0.39, 0.29) is 5.54 Å². The molecule has 0 aliphatic carbocycles. The number of hydrogen-bond acceptors (Lipinski definition) is 7. The lowest BCUT2D eigenvalue weighted by Crippen LogP contribution is -2.58. The summed E-state index contributed by atoms with van der Waals surface area (Å²) in [5, 5.41) is 18.5. The second kappa shape index (κ2) is 11.6. The molecule has 9 nitrogen and oxygen atoms in total. The monoisotopic (exact) mass is 614 g/mol. The first-order chi connectivity index (χ1) is 20.3. The van der Waals surface area contributed by atoms with Crippen LogP contribution >= 0.6 is 23.2 Å². The Bertz CT molecular complexity index is 1420. The van der Waals surface area contributed by atoms with E-state index in [9.17, 15) is 0 Å². The van der Waals surface area contributed by atoms with E-state index in [0.29, 0.717) is 28.0 Å². The van der Waals surface area contributed by atoms with Gasteiger partial charge in [-0.25, -0.2) is 0 Å². The van der Waals surface area contributed by atoms with Gasteiger partial charge in [-0.05, 0) is 71.5 Å². The van der Waals surface area contributed by atoms with Gasteiger partial charge in [-0.3, -0.25) is 14.7 Å². The lowest BCUT2D eigenvalue weighted by atomic mass is 9.81. The van der Waals surface area contributed by atoms with Gasteiger partial charge in [0.15, 0.2) is 5.82 Å². The summed E-state index contributed by atoms with van der Waals surface area (Å²) in [5.41, 5.74) is 4.02. The number of H-pyrrole nitrogens is 1. The van der Waals surface area contributed by atoms with Crippen molar-refractivity contribution in [1.82, 2.24) is 35.1 Å². The van der Waals surface area contributed by atoms with Crippen LogP contribution in [0.3, 0.4) is 0 Å². The number of nitrogens with zero attached hydrogens (tertiary/aromatic N) is 6. The zero-order chi connectivity index (χ0) is 29.0. The van der Waals surface area contributed by atoms with Crippen LogP contribution in [0.2, 0.25) is 10.0 Å². The lowest BCUT2D eigenvalue weighted by molar-refractivity contribution is -0.0779. The number of piperazine rings is 1. The Morgan fingerprint density at radius 2 is 1.76 bits per heavy atom. The van der Waals surface area contributed by atoms with E-state index in [1.165, 1.54) is 6.54 Å². The first-order valence-corrected chi connectivity index (χ1v) is 16.5. The Morgan fingerprint density at radius 1 is 1.00 bits per heavy atom. The number of piperidine rings is 2. The largest absolute Gasteiger partial charge is 0.378 e. The van der Waals surface area contributed by atoms with Gasteiger partial charge in [0.05, 0.1) is 47.1 Å². The number of aromatic amines is 1. The van der Waals surface area contributed by atoms with Crippen LogP contribution in [-0.2, 0) is 4.74 Å². The normalized spacial score (nSPS) is 24.9. The maximum absolute atomic E-state index is 7.03. The van der Waals surface area contributed by atoms with Gasteiger partial charge in [0.1, 0.15) is 0 Å². The third kappa shape index (κ3) is 5.24. The summed E-state index contributed by atoms with van der Waals surface area (Å²) in [5.74, 6) is 1.69. The fraction of sp³-hybridized carbons (Fsp3) is 0.677. The molecule has 0 unspecified atom stereocenters. The summed E-state index contributed by atoms with van der Waals surface area (Å²) in [6.07, 6.45) is 6.29. The second-order valence-electron chi connectivity index (χ2n) is 13.4. The van der Waals surface area contributed by atoms with Crippen molar-refractivity contribution in [3.63, 3.8) is 0 Å². The third-order valence-electron chi connectivity index (χ3n) is 10.3. The molecule has 1 atom stereocenters. The van der Waals surface area contributed by atoms with Crippen molar-refractivity contribution < 1.29 is 4.74 Å². The van der Waals surface area contributed by atoms with Crippen molar-refractivity contribution >= 4 is 39.9 Å². The molecule has 0 spiro atoms. The van der Waals surface area contributed by atoms with E-state index >= 15 is 0 Å². The number of ether oxygens (including phenoxy) is 1. The molecule has 2 aromatic heterocycles. The molecule has 3 aromatic rings. The number of aromatic nitrogens is 4. The van der Waals surface area contributed by atoms with Crippen molar-refractivity contribution in [3.8, 4) is 11.1 Å². The van der Waals surface area contributed by atoms with Gasteiger partial charge in [0.25, 0.3) is 0 Å². The smallest absolute Gasteiger partial charge is 0.159 e. The standard InChI is InChI=1S/C31H44Cl2N8O/c1-20-27(28-24-16-35-36-26(24)14-25(32)29(28)33)30(37-41(20)22-4-7-34-8-5-22)40-9-6-21(15-31(40,2)3)17-38-10-12-39(13-11-38)23-18-42-19-23/h14,16,21-23,34H,4-13,15,17-19H2,1-3H3,(H,35,36)/t21-/m1/s1. The van der Waals surface area contributed by atoms with Gasteiger partial charge in [-0.2, -0.15) is 10.2 Å². The highest BCUT2D eigenvalue weighted by molar-refractivity contribution is 6.45. The predicted octanol–water partition coefficient (Wildman–Crippen LogP) is 4.98. The van der Waals surface area contributed by atoms with Crippen LogP contribution in [0.15, 0.2) is 12.3 Å². The molecular weight excluding hydrogens is 571 g/mol. The molecule has 11 heteroatoms. The number of benzene rings is 1. The maximum atomic E-state index is 7.03. The van der Waals surface area contributed by atoms with Gasteiger partial charge in [0, 0.05) is 67.0 Å². The van der Waals surface area contributed by atoms with Gasteiger partial charge >= 0.3 is 0 Å². The minimum absolute atomic E-state index is 0.0525. The molecule has 0 bridgehead atoms. The molecular formula is C31H44Cl2N8O. The molecule has 4 aliphatic rings. The molecule has 4 aliphatic heterocycles. The van der Waals surface area contributed by atoms with Gasteiger partial charge < -0.3 is 19.9 Å². The van der Waals surface area contributed by atoms with Gasteiger partial charge in [-0.1, -0.05) is 23.2 Å². The molecule has 2 N–H and O–H groups in total. The highest BCUT2D eigenvalue weighted by Crippen LogP contribution is 2.48. The van der Waals surface area contributed by atoms with Gasteiger partial charge in [0.2, 0.25) is 0 Å². The number of halogens is 2. The topological polar surface area (TPSA) is 77.5 Å². The maximum Gasteiger partial charge on any atom is 0.159 e. The molecule has 0 saturated carbocycles. The number of nitrogens with one attached hydrogen (secondary N) is 2. The molecule has 4 saturated heterocycles. The van der Waals surface area contributed by atoms with E-state index in [4.69, 9.17) is 33.0 Å². The van der Waals surface area contributed by atoms with Gasteiger partial charge in [-0.15, -0.1) is 0 Å². The molecule has 0 amide bonds. The summed E-state index contributed by atoms with van der Waals surface area (Å²) >= 11 is 13.7. The van der Waals surface area contributed by atoms with E-state index in [0.717, 1.165) is 118 Å². The fourth-order valence-electron chi connectivity index (χ4n) is 7.86. The van der Waals surface area contributed by atoms with Crippen molar-refractivity contribution in [2.24, 2.45) is 5.92 Å². The highest BCUT2D eigenvalue weighted by Gasteiger charge is 2.40. The molecule has 228 valence electrons. The Labute approximate surface area is 258 Å². The van der Waals surface area contributed by atoms with Crippen LogP contribution in [0.4, 0.5) is 5.82 Å². The number of anilines is 1.